The second kappa shape index (κ2) is 10.2. The number of rotatable bonds is 6. The van der Waals surface area contributed by atoms with Crippen LogP contribution >= 0.6 is 23.4 Å². The Labute approximate surface area is 179 Å². The van der Waals surface area contributed by atoms with Gasteiger partial charge in [-0.3, -0.25) is 20.3 Å². The molecule has 3 rings (SSSR count). The summed E-state index contributed by atoms with van der Waals surface area (Å²) in [5.41, 5.74) is 0. The Bertz CT molecular complexity index is 764. The number of nitrogens with one attached hydrogen (secondary N) is 1. The molecule has 9 nitrogen and oxygen atoms in total. The van der Waals surface area contributed by atoms with Crippen LogP contribution in [0.2, 0.25) is 5.02 Å². The molecule has 156 valence electrons. The number of pyridine rings is 1. The molecule has 1 aromatic rings. The van der Waals surface area contributed by atoms with Crippen molar-refractivity contribution in [3.05, 3.63) is 23.4 Å². The van der Waals surface area contributed by atoms with Crippen LogP contribution in [0, 0.1) is 11.3 Å². The number of carbonyl (C=O) groups excluding carboxylic acids is 2. The minimum atomic E-state index is -0.364. The first-order valence-electron chi connectivity index (χ1n) is 9.38. The van der Waals surface area contributed by atoms with Crippen molar-refractivity contribution in [3.8, 4) is 6.07 Å². The minimum absolute atomic E-state index is 0.0759. The Morgan fingerprint density at radius 3 is 2.83 bits per heavy atom. The van der Waals surface area contributed by atoms with Gasteiger partial charge in [0.2, 0.25) is 11.8 Å². The summed E-state index contributed by atoms with van der Waals surface area (Å²) in [6.45, 7) is 1.81. The second-order valence-corrected chi connectivity index (χ2v) is 8.53. The van der Waals surface area contributed by atoms with E-state index in [1.165, 1.54) is 6.20 Å². The number of hydrogen-bond acceptors (Lipinski definition) is 8. The van der Waals surface area contributed by atoms with E-state index in [0.29, 0.717) is 35.6 Å². The lowest BCUT2D eigenvalue weighted by atomic mass is 10.0. The van der Waals surface area contributed by atoms with E-state index < -0.39 is 0 Å². The van der Waals surface area contributed by atoms with Gasteiger partial charge in [0, 0.05) is 31.1 Å². The fraction of sp³-hybridized carbons (Fsp3) is 0.556. The number of aromatic nitrogens is 1. The molecular formula is C18H24ClN7O2S. The van der Waals surface area contributed by atoms with E-state index in [0.717, 1.165) is 12.8 Å². The van der Waals surface area contributed by atoms with Crippen LogP contribution in [0.15, 0.2) is 18.3 Å². The summed E-state index contributed by atoms with van der Waals surface area (Å²) in [4.78, 5) is 32.3. The first-order chi connectivity index (χ1) is 14.0. The molecule has 0 unspecified atom stereocenters. The summed E-state index contributed by atoms with van der Waals surface area (Å²) in [6.07, 6.45) is 3.03. The molecule has 0 radical (unpaired) electrons. The van der Waals surface area contributed by atoms with E-state index in [2.05, 4.69) is 21.3 Å². The maximum Gasteiger partial charge on any atom is 0.239 e. The molecule has 11 heteroatoms. The molecule has 2 saturated heterocycles. The SMILES string of the molecule is N#C[C@H]1CSCN1C(=O)CN(N)C1CCN(CC(=O)Nc2ccc(Cl)cn2)CC1. The molecule has 2 aliphatic rings. The first kappa shape index (κ1) is 21.8. The van der Waals surface area contributed by atoms with Gasteiger partial charge < -0.3 is 10.2 Å². The number of halogens is 1. The molecule has 0 aromatic carbocycles. The topological polar surface area (TPSA) is 119 Å². The van der Waals surface area contributed by atoms with E-state index in [-0.39, 0.29) is 37.0 Å². The van der Waals surface area contributed by atoms with Gasteiger partial charge in [-0.2, -0.15) is 5.26 Å². The maximum atomic E-state index is 12.4. The number of likely N-dealkylation sites (tertiary alicyclic amines) is 1. The van der Waals surface area contributed by atoms with Gasteiger partial charge in [0.1, 0.15) is 11.9 Å². The average Bonchev–Trinajstić information content (AvgIpc) is 3.19. The van der Waals surface area contributed by atoms with Gasteiger partial charge in [-0.05, 0) is 25.0 Å². The van der Waals surface area contributed by atoms with Crippen LogP contribution in [-0.4, -0.2) is 81.5 Å². The second-order valence-electron chi connectivity index (χ2n) is 7.10. The molecule has 1 atom stereocenters. The number of nitrogens with zero attached hydrogens (tertiary/aromatic N) is 5. The van der Waals surface area contributed by atoms with Crippen molar-refractivity contribution in [3.63, 3.8) is 0 Å². The third kappa shape index (κ3) is 6.04. The number of piperidine rings is 1. The lowest BCUT2D eigenvalue weighted by Crippen LogP contribution is -2.53. The van der Waals surface area contributed by atoms with Crippen LogP contribution in [0.4, 0.5) is 5.82 Å². The lowest BCUT2D eigenvalue weighted by Gasteiger charge is -2.36. The number of carbonyl (C=O) groups is 2. The molecule has 2 amide bonds. The zero-order valence-electron chi connectivity index (χ0n) is 16.0. The van der Waals surface area contributed by atoms with Crippen molar-refractivity contribution in [1.82, 2.24) is 19.8 Å². The standard InChI is InChI=1S/C18H24ClN7O2S/c19-13-1-2-16(22-8-13)23-17(27)9-24-5-3-14(4-6-24)26(21)10-18(28)25-12-29-11-15(25)7-20/h1-2,8,14-15H,3-6,9-12,21H2,(H,22,23,27)/t15-/m0/s1. The van der Waals surface area contributed by atoms with E-state index in [1.807, 2.05) is 0 Å². The summed E-state index contributed by atoms with van der Waals surface area (Å²) in [5.74, 6) is 7.57. The largest absolute Gasteiger partial charge is 0.315 e. The summed E-state index contributed by atoms with van der Waals surface area (Å²) in [5, 5.41) is 14.0. The van der Waals surface area contributed by atoms with E-state index in [9.17, 15) is 9.59 Å². The maximum absolute atomic E-state index is 12.4. The highest BCUT2D eigenvalue weighted by Crippen LogP contribution is 2.21. The van der Waals surface area contributed by atoms with Gasteiger partial charge in [0.25, 0.3) is 0 Å². The fourth-order valence-electron chi connectivity index (χ4n) is 3.42. The fourth-order valence-corrected chi connectivity index (χ4v) is 4.63. The summed E-state index contributed by atoms with van der Waals surface area (Å²) < 4.78 is 0. The number of nitrogens with two attached hydrogens (primary N) is 1. The van der Waals surface area contributed by atoms with Crippen LogP contribution in [-0.2, 0) is 9.59 Å². The van der Waals surface area contributed by atoms with Crippen LogP contribution in [0.5, 0.6) is 0 Å². The zero-order valence-corrected chi connectivity index (χ0v) is 17.5. The Morgan fingerprint density at radius 1 is 1.41 bits per heavy atom. The molecular weight excluding hydrogens is 414 g/mol. The van der Waals surface area contributed by atoms with Crippen LogP contribution in [0.25, 0.3) is 0 Å². The third-order valence-electron chi connectivity index (χ3n) is 5.06. The van der Waals surface area contributed by atoms with Crippen molar-refractivity contribution in [2.75, 3.05) is 43.1 Å². The molecule has 0 saturated carbocycles. The van der Waals surface area contributed by atoms with Crippen molar-refractivity contribution >= 4 is 41.0 Å². The molecule has 1 aromatic heterocycles. The van der Waals surface area contributed by atoms with Crippen LogP contribution in [0.1, 0.15) is 12.8 Å². The predicted octanol–water partition coefficient (Wildman–Crippen LogP) is 0.739. The average molecular weight is 438 g/mol. The van der Waals surface area contributed by atoms with Crippen LogP contribution < -0.4 is 11.2 Å². The number of amides is 2. The number of hydrogen-bond donors (Lipinski definition) is 2. The minimum Gasteiger partial charge on any atom is -0.315 e. The van der Waals surface area contributed by atoms with Gasteiger partial charge >= 0.3 is 0 Å². The smallest absolute Gasteiger partial charge is 0.239 e. The van der Waals surface area contributed by atoms with Crippen molar-refractivity contribution in [2.45, 2.75) is 24.9 Å². The van der Waals surface area contributed by atoms with Crippen molar-refractivity contribution in [1.29, 1.82) is 5.26 Å². The highest BCUT2D eigenvalue weighted by atomic mass is 35.5. The monoisotopic (exact) mass is 437 g/mol. The van der Waals surface area contributed by atoms with Gasteiger partial charge in [-0.25, -0.2) is 9.99 Å². The van der Waals surface area contributed by atoms with E-state index in [4.69, 9.17) is 22.7 Å². The first-order valence-corrected chi connectivity index (χ1v) is 10.9. The van der Waals surface area contributed by atoms with E-state index in [1.54, 1.807) is 33.8 Å². The summed E-state index contributed by atoms with van der Waals surface area (Å²) >= 11 is 7.37. The zero-order chi connectivity index (χ0) is 20.8. The van der Waals surface area contributed by atoms with Gasteiger partial charge in [0.15, 0.2) is 0 Å². The van der Waals surface area contributed by atoms with Gasteiger partial charge in [0.05, 0.1) is 30.1 Å². The normalized spacial score (nSPS) is 20.6. The number of hydrazine groups is 1. The van der Waals surface area contributed by atoms with Crippen molar-refractivity contribution in [2.24, 2.45) is 5.84 Å². The molecule has 0 spiro atoms. The Morgan fingerprint density at radius 2 is 2.17 bits per heavy atom. The Kier molecular flexibility index (Phi) is 7.69. The summed E-state index contributed by atoms with van der Waals surface area (Å²) in [6, 6.07) is 5.20. The highest BCUT2D eigenvalue weighted by Gasteiger charge is 2.31. The lowest BCUT2D eigenvalue weighted by molar-refractivity contribution is -0.132. The molecule has 3 heterocycles. The third-order valence-corrected chi connectivity index (χ3v) is 6.29. The number of thioether (sulfide) groups is 1. The molecule has 2 aliphatic heterocycles. The van der Waals surface area contributed by atoms with Gasteiger partial charge in [-0.1, -0.05) is 11.6 Å². The number of anilines is 1. The van der Waals surface area contributed by atoms with Crippen molar-refractivity contribution < 1.29 is 9.59 Å². The van der Waals surface area contributed by atoms with E-state index >= 15 is 0 Å². The number of nitriles is 1. The quantitative estimate of drug-likeness (QED) is 0.494. The molecule has 29 heavy (non-hydrogen) atoms. The Balaban J connectivity index is 1.40. The highest BCUT2D eigenvalue weighted by molar-refractivity contribution is 7.99. The Hall–Kier alpha value is -1.90. The molecule has 0 bridgehead atoms. The molecule has 2 fully saturated rings. The van der Waals surface area contributed by atoms with Gasteiger partial charge in [-0.15, -0.1) is 11.8 Å². The predicted molar refractivity (Wildman–Crippen MR) is 112 cm³/mol. The summed E-state index contributed by atoms with van der Waals surface area (Å²) in [7, 11) is 0. The molecule has 0 aliphatic carbocycles. The van der Waals surface area contributed by atoms with Crippen LogP contribution in [0.3, 0.4) is 0 Å². The molecule has 3 N–H and O–H groups in total.